The van der Waals surface area contributed by atoms with Crippen LogP contribution in [0, 0.1) is 5.92 Å². The molecule has 1 saturated heterocycles. The van der Waals surface area contributed by atoms with Crippen LogP contribution in [-0.2, 0) is 70.3 Å². The molecule has 3 rings (SSSR count). The Morgan fingerprint density at radius 2 is 1.09 bits per heavy atom. The summed E-state index contributed by atoms with van der Waals surface area (Å²) in [4.78, 5) is 152. The van der Waals surface area contributed by atoms with E-state index in [4.69, 9.17) is 14.6 Å². The minimum atomic E-state index is -1.51. The van der Waals surface area contributed by atoms with Crippen LogP contribution in [0.2, 0.25) is 0 Å². The number of carboxylic acid groups (broad SMARTS) is 6. The van der Waals surface area contributed by atoms with E-state index in [2.05, 4.69) is 26.6 Å². The number of nitrogens with one attached hydrogen (secondary N) is 5. The molecule has 80 heavy (non-hydrogen) atoms. The monoisotopic (exact) mass is 1130 g/mol. The Hall–Kier alpha value is -8.28. The smallest absolute Gasteiger partial charge is 0.326 e. The quantitative estimate of drug-likeness (QED) is 0.0202. The molecule has 11 N–H and O–H groups in total. The van der Waals surface area contributed by atoms with Gasteiger partial charge in [-0.15, -0.1) is 0 Å². The molecule has 5 amide bonds. The Morgan fingerprint density at radius 1 is 0.550 bits per heavy atom. The highest BCUT2D eigenvalue weighted by Gasteiger charge is 2.27. The second-order valence-electron chi connectivity index (χ2n) is 18.7. The van der Waals surface area contributed by atoms with Crippen molar-refractivity contribution in [3.8, 4) is 5.75 Å². The molecule has 0 saturated carbocycles. The first-order valence-corrected chi connectivity index (χ1v) is 25.6. The van der Waals surface area contributed by atoms with Crippen molar-refractivity contribution in [3.05, 3.63) is 65.7 Å². The molecule has 0 radical (unpaired) electrons. The number of carbonyl (C=O) groups is 12. The first-order chi connectivity index (χ1) is 38.1. The van der Waals surface area contributed by atoms with E-state index < -0.39 is 116 Å². The Morgan fingerprint density at radius 3 is 1.59 bits per heavy atom. The Balaban J connectivity index is 1.51. The van der Waals surface area contributed by atoms with Crippen LogP contribution < -0.4 is 31.3 Å². The molecule has 1 heterocycles. The van der Waals surface area contributed by atoms with E-state index >= 15 is 0 Å². The number of Topliss-reactive ketones (excluding diaryl/α,β-unsaturated/α-hetero) is 1. The summed E-state index contributed by atoms with van der Waals surface area (Å²) >= 11 is 0. The zero-order valence-electron chi connectivity index (χ0n) is 44.0. The number of amides is 5. The molecule has 2 aromatic carbocycles. The third-order valence-electron chi connectivity index (χ3n) is 12.3. The van der Waals surface area contributed by atoms with Gasteiger partial charge in [-0.25, -0.2) is 9.59 Å². The van der Waals surface area contributed by atoms with Crippen LogP contribution in [0.4, 0.5) is 4.79 Å². The Bertz CT molecular complexity index is 2370. The number of ether oxygens (including phenoxy) is 2. The highest BCUT2D eigenvalue weighted by atomic mass is 16.5. The lowest BCUT2D eigenvalue weighted by molar-refractivity contribution is -0.144. The number of unbranched alkanes of at least 4 members (excludes halogenated alkanes) is 1. The molecule has 0 unspecified atom stereocenters. The molecule has 0 aromatic heterocycles. The van der Waals surface area contributed by atoms with Crippen molar-refractivity contribution < 1.29 is 97.6 Å². The van der Waals surface area contributed by atoms with Crippen molar-refractivity contribution in [1.29, 1.82) is 0 Å². The molecule has 440 valence electrons. The minimum Gasteiger partial charge on any atom is -0.484 e. The van der Waals surface area contributed by atoms with E-state index in [9.17, 15) is 83.1 Å². The van der Waals surface area contributed by atoms with E-state index in [0.717, 1.165) is 5.56 Å². The largest absolute Gasteiger partial charge is 0.484 e. The van der Waals surface area contributed by atoms with Crippen LogP contribution in [-0.4, -0.2) is 239 Å². The second-order valence-corrected chi connectivity index (χ2v) is 18.7. The van der Waals surface area contributed by atoms with Gasteiger partial charge in [-0.3, -0.25) is 67.5 Å². The molecule has 4 atom stereocenters. The third-order valence-corrected chi connectivity index (χ3v) is 12.3. The average molecular weight is 1130 g/mol. The standard InChI is InChI=1S/C51H71N9O20/c61-33-80-43(56-51(78)55-39(50(76)77)13-14-44(65)66)8-4-5-15-52-48(73)40(25-34-6-2-1-3-7-34)54-42(64)32-79-38-11-9-35(10-12-38)24-36(49(74)75)26-37(62)27-53-41(63)28-57-16-18-58(29-45(67)68)20-22-60(31-47(71)72)23-21-59(19-17-57)30-46(69)70/h1-3,6-7,9-12,33,36,39-40,43H,4-5,8,13-32H2,(H,52,73)(H,53,63)(H,54,64)(H,65,66)(H,67,68)(H,69,70)(H,71,72)(H,74,75)(H,76,77)(H2,55,56,78)/t36-,39+,40+,43-/m1/s1. The van der Waals surface area contributed by atoms with Crippen molar-refractivity contribution in [2.24, 2.45) is 5.92 Å². The van der Waals surface area contributed by atoms with Crippen molar-refractivity contribution >= 4 is 71.8 Å². The average Bonchev–Trinajstić information content (AvgIpc) is 3.39. The molecule has 2 aromatic rings. The molecule has 0 bridgehead atoms. The molecule has 29 nitrogen and oxygen atoms in total. The van der Waals surface area contributed by atoms with E-state index in [-0.39, 0.29) is 123 Å². The molecule has 0 spiro atoms. The molecular weight excluding hydrogens is 1060 g/mol. The number of hydrogen-bond acceptors (Lipinski definition) is 18. The Labute approximate surface area is 459 Å². The molecular formula is C51H71N9O20. The van der Waals surface area contributed by atoms with E-state index in [0.29, 0.717) is 18.4 Å². The normalized spacial score (nSPS) is 15.3. The van der Waals surface area contributed by atoms with E-state index in [1.165, 1.54) is 12.1 Å². The van der Waals surface area contributed by atoms with Gasteiger partial charge in [0.05, 0.1) is 38.6 Å². The highest BCUT2D eigenvalue weighted by molar-refractivity contribution is 5.90. The van der Waals surface area contributed by atoms with Crippen molar-refractivity contribution in [2.45, 2.75) is 69.7 Å². The van der Waals surface area contributed by atoms with E-state index in [1.54, 1.807) is 62.1 Å². The topological polar surface area (TPSA) is 418 Å². The predicted octanol–water partition coefficient (Wildman–Crippen LogP) is -2.01. The summed E-state index contributed by atoms with van der Waals surface area (Å²) < 4.78 is 10.5. The Kier molecular flexibility index (Phi) is 29.7. The summed E-state index contributed by atoms with van der Waals surface area (Å²) in [6.07, 6.45) is -1.82. The lowest BCUT2D eigenvalue weighted by Gasteiger charge is -2.32. The maximum Gasteiger partial charge on any atom is 0.326 e. The van der Waals surface area contributed by atoms with Gasteiger partial charge in [0.2, 0.25) is 11.8 Å². The molecule has 1 aliphatic rings. The number of aliphatic carboxylic acids is 6. The molecule has 1 fully saturated rings. The summed E-state index contributed by atoms with van der Waals surface area (Å²) in [7, 11) is 0. The maximum absolute atomic E-state index is 13.4. The van der Waals surface area contributed by atoms with Gasteiger partial charge in [-0.2, -0.15) is 0 Å². The lowest BCUT2D eigenvalue weighted by atomic mass is 9.94. The van der Waals surface area contributed by atoms with Crippen molar-refractivity contribution in [1.82, 2.24) is 46.2 Å². The van der Waals surface area contributed by atoms with Crippen LogP contribution in [0.15, 0.2) is 54.6 Å². The van der Waals surface area contributed by atoms with Crippen LogP contribution >= 0.6 is 0 Å². The number of urea groups is 1. The van der Waals surface area contributed by atoms with Crippen LogP contribution in [0.5, 0.6) is 5.75 Å². The first-order valence-electron chi connectivity index (χ1n) is 25.6. The van der Waals surface area contributed by atoms with Crippen LogP contribution in [0.1, 0.15) is 49.7 Å². The SMILES string of the molecule is O=CO[C@H](CCCCNC(=O)[C@H](Cc1ccccc1)NC(=O)COc1ccc(C[C@H](CC(=O)CNC(=O)CN2CCN(CC(=O)O)CCN(CC(=O)O)CCN(CC(=O)O)CC2)C(=O)O)cc1)NC(=O)N[C@@H](CCC(=O)O)C(=O)O. The van der Waals surface area contributed by atoms with Gasteiger partial charge in [0.1, 0.15) is 17.8 Å². The van der Waals surface area contributed by atoms with Gasteiger partial charge in [0, 0.05) is 84.6 Å². The fourth-order valence-corrected chi connectivity index (χ4v) is 8.19. The van der Waals surface area contributed by atoms with Gasteiger partial charge < -0.3 is 66.7 Å². The number of benzene rings is 2. The van der Waals surface area contributed by atoms with E-state index in [1.807, 2.05) is 0 Å². The molecule has 29 heteroatoms. The summed E-state index contributed by atoms with van der Waals surface area (Å²) in [5.41, 5.74) is 1.24. The second kappa shape index (κ2) is 36.0. The highest BCUT2D eigenvalue weighted by Crippen LogP contribution is 2.18. The number of rotatable bonds is 35. The first kappa shape index (κ1) is 66.0. The minimum absolute atomic E-state index is 0.0606. The number of ketones is 1. The third kappa shape index (κ3) is 28.4. The van der Waals surface area contributed by atoms with Gasteiger partial charge in [0.15, 0.2) is 18.6 Å². The van der Waals surface area contributed by atoms with Crippen molar-refractivity contribution in [2.75, 3.05) is 98.2 Å². The summed E-state index contributed by atoms with van der Waals surface area (Å²) in [5, 5.41) is 68.8. The number of nitrogens with zero attached hydrogens (tertiary/aromatic N) is 4. The van der Waals surface area contributed by atoms with Gasteiger partial charge in [-0.05, 0) is 48.9 Å². The maximum atomic E-state index is 13.4. The number of hydrogen-bond donors (Lipinski definition) is 11. The number of carbonyl (C=O) groups excluding carboxylic acids is 6. The zero-order valence-corrected chi connectivity index (χ0v) is 44.0. The van der Waals surface area contributed by atoms with Crippen LogP contribution in [0.3, 0.4) is 0 Å². The van der Waals surface area contributed by atoms with Crippen LogP contribution in [0.25, 0.3) is 0 Å². The predicted molar refractivity (Wildman–Crippen MR) is 278 cm³/mol. The summed E-state index contributed by atoms with van der Waals surface area (Å²) in [6.45, 7) is -0.653. The van der Waals surface area contributed by atoms with Crippen molar-refractivity contribution in [3.63, 3.8) is 0 Å². The molecule has 0 aliphatic carbocycles. The summed E-state index contributed by atoms with van der Waals surface area (Å²) in [5.74, 6) is -10.6. The fourth-order valence-electron chi connectivity index (χ4n) is 8.19. The molecule has 1 aliphatic heterocycles. The zero-order chi connectivity index (χ0) is 59.0. The van der Waals surface area contributed by atoms with Gasteiger partial charge in [0.25, 0.3) is 12.4 Å². The number of carboxylic acids is 6. The lowest BCUT2D eigenvalue weighted by Crippen LogP contribution is -2.50. The van der Waals surface area contributed by atoms with Gasteiger partial charge >= 0.3 is 41.8 Å². The summed E-state index contributed by atoms with van der Waals surface area (Å²) in [6, 6.07) is 11.4. The fraction of sp³-hybridized carbons (Fsp3) is 0.529. The van der Waals surface area contributed by atoms with Gasteiger partial charge in [-0.1, -0.05) is 42.5 Å².